The molecule has 10 heteroatoms. The molecule has 180 valence electrons. The zero-order chi connectivity index (χ0) is 24.8. The summed E-state index contributed by atoms with van der Waals surface area (Å²) >= 11 is 0. The number of fused-ring (bicyclic) bond motifs is 5. The lowest BCUT2D eigenvalue weighted by Crippen LogP contribution is -2.44. The molecule has 3 N–H and O–H groups in total. The van der Waals surface area contributed by atoms with Crippen molar-refractivity contribution >= 4 is 23.0 Å². The maximum absolute atomic E-state index is 14.8. The Morgan fingerprint density at radius 1 is 1.34 bits per heavy atom. The van der Waals surface area contributed by atoms with Gasteiger partial charge in [0.1, 0.15) is 18.5 Å². The third-order valence-corrected chi connectivity index (χ3v) is 7.58. The van der Waals surface area contributed by atoms with Gasteiger partial charge in [-0.15, -0.1) is 0 Å². The maximum Gasteiger partial charge on any atom is 0.405 e. The molecule has 1 aromatic carbocycles. The number of primary amides is 1. The summed E-state index contributed by atoms with van der Waals surface area (Å²) in [6.07, 6.45) is -0.696. The number of carbonyl (C=O) groups is 2. The van der Waals surface area contributed by atoms with Crippen LogP contribution < -0.4 is 11.3 Å². The highest BCUT2D eigenvalue weighted by atomic mass is 19.1. The molecule has 3 aromatic rings. The monoisotopic (exact) mass is 479 g/mol. The lowest BCUT2D eigenvalue weighted by molar-refractivity contribution is -0.172. The van der Waals surface area contributed by atoms with Gasteiger partial charge in [-0.3, -0.25) is 4.79 Å². The Bertz CT molecular complexity index is 1560. The number of ether oxygens (including phenoxy) is 2. The number of cyclic esters (lactones) is 1. The third-order valence-electron chi connectivity index (χ3n) is 7.58. The van der Waals surface area contributed by atoms with E-state index >= 15 is 0 Å². The highest BCUT2D eigenvalue weighted by Gasteiger charge is 2.46. The minimum atomic E-state index is -1.95. The molecule has 9 nitrogen and oxygen atoms in total. The minimum absolute atomic E-state index is 0.0212. The van der Waals surface area contributed by atoms with Crippen LogP contribution in [0.15, 0.2) is 16.9 Å². The van der Waals surface area contributed by atoms with Crippen LogP contribution in [0.2, 0.25) is 0 Å². The number of hydrogen-bond donors (Lipinski definition) is 2. The van der Waals surface area contributed by atoms with Gasteiger partial charge in [-0.25, -0.2) is 19.0 Å². The maximum atomic E-state index is 14.8. The van der Waals surface area contributed by atoms with Gasteiger partial charge in [0.25, 0.3) is 5.56 Å². The lowest BCUT2D eigenvalue weighted by atomic mass is 9.82. The third kappa shape index (κ3) is 2.77. The Balaban J connectivity index is 1.68. The molecule has 2 aromatic heterocycles. The minimum Gasteiger partial charge on any atom is -0.458 e. The first-order chi connectivity index (χ1) is 16.7. The number of nitrogens with two attached hydrogens (primary N) is 1. The van der Waals surface area contributed by atoms with Crippen molar-refractivity contribution < 1.29 is 28.6 Å². The van der Waals surface area contributed by atoms with E-state index in [9.17, 15) is 23.9 Å². The smallest absolute Gasteiger partial charge is 0.405 e. The van der Waals surface area contributed by atoms with Crippen molar-refractivity contribution in [3.8, 4) is 11.4 Å². The molecule has 3 aliphatic rings. The summed E-state index contributed by atoms with van der Waals surface area (Å²) in [5.41, 5.74) is 7.20. The van der Waals surface area contributed by atoms with E-state index < -0.39 is 35.1 Å². The lowest BCUT2D eigenvalue weighted by Gasteiger charge is -2.31. The van der Waals surface area contributed by atoms with Gasteiger partial charge in [-0.1, -0.05) is 6.92 Å². The molecule has 2 aliphatic heterocycles. The van der Waals surface area contributed by atoms with Crippen LogP contribution in [0.3, 0.4) is 0 Å². The molecule has 0 unspecified atom stereocenters. The average molecular weight is 479 g/mol. The fraction of sp³-hybridized carbons (Fsp3) is 0.360. The predicted octanol–water partition coefficient (Wildman–Crippen LogP) is 2.61. The number of aliphatic hydroxyl groups is 1. The second-order valence-corrected chi connectivity index (χ2v) is 9.28. The first-order valence-electron chi connectivity index (χ1n) is 11.4. The number of nitrogens with zero attached hydrogens (tertiary/aromatic N) is 2. The first-order valence-corrected chi connectivity index (χ1v) is 11.4. The van der Waals surface area contributed by atoms with Crippen LogP contribution in [0.25, 0.3) is 22.3 Å². The first kappa shape index (κ1) is 21.7. The van der Waals surface area contributed by atoms with Crippen LogP contribution in [0.5, 0.6) is 0 Å². The van der Waals surface area contributed by atoms with E-state index in [0.717, 1.165) is 5.56 Å². The standard InChI is InChI=1S/C25H22FN3O6/c1-3-25(33)14-6-17-21-12(8-29(17)22(30)13(14)9-34-23(25)31)20-18(35-24(27)32)5-4-11-10(2)15(26)7-16(28-21)19(11)20/h6-7,18,33H,3-5,8-9H2,1-2H3,(H2,27,32)/t18-,25-/m0/s1. The SMILES string of the molecule is CC[C@@]1(O)C(=O)OCc2c1cc1n(c2=O)Cc2c-1nc1cc(F)c(C)c3c1c2[C@@H](OC(N)=O)CC3. The normalized spacial score (nSPS) is 21.8. The number of aryl methyl sites for hydroxylation is 1. The summed E-state index contributed by atoms with van der Waals surface area (Å²) in [6, 6.07) is 2.93. The number of esters is 1. The molecule has 6 rings (SSSR count). The fourth-order valence-electron chi connectivity index (χ4n) is 5.77. The Morgan fingerprint density at radius 3 is 2.83 bits per heavy atom. The molecule has 2 atom stereocenters. The number of aromatic nitrogens is 2. The van der Waals surface area contributed by atoms with Crippen LogP contribution in [-0.2, 0) is 39.4 Å². The summed E-state index contributed by atoms with van der Waals surface area (Å²) < 4.78 is 26.9. The molecular formula is C25H22FN3O6. The number of rotatable bonds is 2. The molecule has 35 heavy (non-hydrogen) atoms. The van der Waals surface area contributed by atoms with Gasteiger partial charge in [0.15, 0.2) is 5.60 Å². The van der Waals surface area contributed by atoms with Crippen molar-refractivity contribution in [1.29, 1.82) is 0 Å². The second-order valence-electron chi connectivity index (χ2n) is 9.28. The van der Waals surface area contributed by atoms with Crippen molar-refractivity contribution in [2.45, 2.75) is 58.0 Å². The van der Waals surface area contributed by atoms with E-state index in [-0.39, 0.29) is 30.7 Å². The zero-order valence-corrected chi connectivity index (χ0v) is 19.1. The molecule has 0 fully saturated rings. The van der Waals surface area contributed by atoms with Gasteiger partial charge in [-0.2, -0.15) is 0 Å². The molecule has 4 heterocycles. The van der Waals surface area contributed by atoms with E-state index in [1.54, 1.807) is 19.9 Å². The van der Waals surface area contributed by atoms with Crippen LogP contribution in [0.4, 0.5) is 9.18 Å². The number of carbonyl (C=O) groups excluding carboxylic acids is 2. The van der Waals surface area contributed by atoms with Crippen LogP contribution in [0.1, 0.15) is 59.3 Å². The van der Waals surface area contributed by atoms with Crippen molar-refractivity contribution in [3.05, 3.63) is 61.7 Å². The van der Waals surface area contributed by atoms with Gasteiger partial charge in [0.05, 0.1) is 29.0 Å². The molecule has 0 saturated heterocycles. The number of benzene rings is 1. The Kier molecular flexibility index (Phi) is 4.41. The van der Waals surface area contributed by atoms with E-state index in [1.165, 1.54) is 10.6 Å². The summed E-state index contributed by atoms with van der Waals surface area (Å²) in [7, 11) is 0. The quantitative estimate of drug-likeness (QED) is 0.422. The van der Waals surface area contributed by atoms with E-state index in [4.69, 9.17) is 20.2 Å². The van der Waals surface area contributed by atoms with Gasteiger partial charge < -0.3 is 24.9 Å². The van der Waals surface area contributed by atoms with Crippen molar-refractivity contribution in [1.82, 2.24) is 9.55 Å². The summed E-state index contributed by atoms with van der Waals surface area (Å²) in [6.45, 7) is 3.23. The second kappa shape index (κ2) is 7.11. The molecule has 0 saturated carbocycles. The van der Waals surface area contributed by atoms with E-state index in [2.05, 4.69) is 0 Å². The van der Waals surface area contributed by atoms with Crippen molar-refractivity contribution in [3.63, 3.8) is 0 Å². The highest BCUT2D eigenvalue weighted by Crippen LogP contribution is 2.46. The van der Waals surface area contributed by atoms with Crippen LogP contribution in [-0.4, -0.2) is 26.7 Å². The van der Waals surface area contributed by atoms with Crippen LogP contribution in [0, 0.1) is 12.7 Å². The Hall–Kier alpha value is -3.79. The van der Waals surface area contributed by atoms with Gasteiger partial charge in [0, 0.05) is 28.1 Å². The number of hydrogen-bond acceptors (Lipinski definition) is 7. The van der Waals surface area contributed by atoms with E-state index in [0.29, 0.717) is 51.8 Å². The zero-order valence-electron chi connectivity index (χ0n) is 19.1. The van der Waals surface area contributed by atoms with Gasteiger partial charge in [0.2, 0.25) is 0 Å². The molecule has 0 radical (unpaired) electrons. The highest BCUT2D eigenvalue weighted by molar-refractivity contribution is 5.93. The predicted molar refractivity (Wildman–Crippen MR) is 121 cm³/mol. The van der Waals surface area contributed by atoms with Crippen molar-refractivity contribution in [2.75, 3.05) is 0 Å². The summed E-state index contributed by atoms with van der Waals surface area (Å²) in [5.74, 6) is -1.21. The fourth-order valence-corrected chi connectivity index (χ4v) is 5.77. The van der Waals surface area contributed by atoms with Crippen molar-refractivity contribution in [2.24, 2.45) is 5.73 Å². The molecule has 1 amide bonds. The number of pyridine rings is 2. The van der Waals surface area contributed by atoms with Gasteiger partial charge in [-0.05, 0) is 43.4 Å². The average Bonchev–Trinajstić information content (AvgIpc) is 3.19. The molecular weight excluding hydrogens is 457 g/mol. The van der Waals surface area contributed by atoms with Crippen LogP contribution >= 0.6 is 0 Å². The Labute approximate surface area is 198 Å². The number of amides is 1. The largest absolute Gasteiger partial charge is 0.458 e. The summed E-state index contributed by atoms with van der Waals surface area (Å²) in [4.78, 5) is 42.3. The van der Waals surface area contributed by atoms with Gasteiger partial charge >= 0.3 is 12.1 Å². The van der Waals surface area contributed by atoms with E-state index in [1.807, 2.05) is 0 Å². The molecule has 0 spiro atoms. The topological polar surface area (TPSA) is 134 Å². The number of halogens is 1. The summed E-state index contributed by atoms with van der Waals surface area (Å²) in [5, 5.41) is 11.8. The Morgan fingerprint density at radius 2 is 2.11 bits per heavy atom. The molecule has 0 bridgehead atoms. The molecule has 1 aliphatic carbocycles.